The van der Waals surface area contributed by atoms with Crippen molar-refractivity contribution in [3.8, 4) is 0 Å². The molecule has 0 atom stereocenters. The normalized spacial score (nSPS) is 25.2. The summed E-state index contributed by atoms with van der Waals surface area (Å²) in [7, 11) is -6.62. The van der Waals surface area contributed by atoms with Crippen LogP contribution < -0.4 is 5.30 Å². The van der Waals surface area contributed by atoms with Crippen molar-refractivity contribution >= 4 is 20.5 Å². The van der Waals surface area contributed by atoms with Gasteiger partial charge in [0.1, 0.15) is 5.30 Å². The van der Waals surface area contributed by atoms with Gasteiger partial charge in [-0.25, -0.2) is 0 Å². The monoisotopic (exact) mass is 476 g/mol. The van der Waals surface area contributed by atoms with Crippen LogP contribution in [0.15, 0.2) is 24.3 Å². The highest BCUT2D eigenvalue weighted by molar-refractivity contribution is 7.67. The van der Waals surface area contributed by atoms with Crippen molar-refractivity contribution in [1.29, 1.82) is 0 Å². The zero-order valence-electron chi connectivity index (χ0n) is 20.0. The van der Waals surface area contributed by atoms with Crippen LogP contribution in [-0.4, -0.2) is 29.8 Å². The predicted molar refractivity (Wildman–Crippen MR) is 127 cm³/mol. The summed E-state index contributed by atoms with van der Waals surface area (Å²) in [6.07, 6.45) is 11.5. The molecule has 1 heterocycles. The molecule has 2 nitrogen and oxygen atoms in total. The van der Waals surface area contributed by atoms with Gasteiger partial charge >= 0.3 is 7.25 Å². The van der Waals surface area contributed by atoms with Crippen LogP contribution in [0.4, 0.5) is 17.3 Å². The fourth-order valence-electron chi connectivity index (χ4n) is 5.73. The zero-order chi connectivity index (χ0) is 23.8. The number of benzene rings is 1. The third kappa shape index (κ3) is 5.88. The first kappa shape index (κ1) is 26.0. The maximum atomic E-state index is 9.75. The molecular weight excluding hydrogens is 438 g/mol. The van der Waals surface area contributed by atoms with Crippen molar-refractivity contribution in [2.45, 2.75) is 114 Å². The standard InChI is InChI=1S/C24H37O2P.BF4/c1-22(2)23(3,4)26-24(5,25-22)20-16-10-11-17-21(20)27(18-12-6-7-13-18)19-14-8-9-15-19;2-1(3,4)5/h10-11,16-19H,6-9,12-15H2,1-5H3;/q;-1/p+1. The van der Waals surface area contributed by atoms with Gasteiger partial charge < -0.3 is 26.7 Å². The Morgan fingerprint density at radius 2 is 1.12 bits per heavy atom. The Labute approximate surface area is 191 Å². The number of hydrogen-bond donors (Lipinski definition) is 0. The maximum Gasteiger partial charge on any atom is 0.673 e. The van der Waals surface area contributed by atoms with Crippen molar-refractivity contribution in [2.24, 2.45) is 0 Å². The van der Waals surface area contributed by atoms with Crippen LogP contribution in [0.2, 0.25) is 0 Å². The molecule has 0 bridgehead atoms. The lowest BCUT2D eigenvalue weighted by atomic mass is 9.90. The molecule has 8 heteroatoms. The minimum Gasteiger partial charge on any atom is -0.418 e. The summed E-state index contributed by atoms with van der Waals surface area (Å²) in [6, 6.07) is 9.15. The second-order valence-electron chi connectivity index (χ2n) is 10.6. The van der Waals surface area contributed by atoms with Crippen molar-refractivity contribution in [3.63, 3.8) is 0 Å². The molecule has 0 aromatic heterocycles. The van der Waals surface area contributed by atoms with Gasteiger partial charge in [-0.2, -0.15) is 0 Å². The van der Waals surface area contributed by atoms with E-state index in [4.69, 9.17) is 9.47 Å². The molecule has 0 amide bonds. The van der Waals surface area contributed by atoms with E-state index in [0.717, 1.165) is 11.3 Å². The molecule has 3 fully saturated rings. The highest BCUT2D eigenvalue weighted by Crippen LogP contribution is 2.58. The van der Waals surface area contributed by atoms with Crippen LogP contribution in [-0.2, 0) is 15.3 Å². The maximum absolute atomic E-state index is 9.75. The number of ether oxygens (including phenoxy) is 2. The fourth-order valence-corrected chi connectivity index (χ4v) is 10.2. The highest BCUT2D eigenvalue weighted by atomic mass is 31.1. The summed E-state index contributed by atoms with van der Waals surface area (Å²) in [5.41, 5.74) is 2.58. The summed E-state index contributed by atoms with van der Waals surface area (Å²) in [4.78, 5) is 0. The van der Waals surface area contributed by atoms with E-state index in [2.05, 4.69) is 58.9 Å². The smallest absolute Gasteiger partial charge is 0.418 e. The van der Waals surface area contributed by atoms with Crippen LogP contribution in [0.1, 0.15) is 91.5 Å². The quantitative estimate of drug-likeness (QED) is 0.255. The molecule has 1 aromatic carbocycles. The topological polar surface area (TPSA) is 18.5 Å². The molecule has 0 radical (unpaired) electrons. The van der Waals surface area contributed by atoms with Crippen LogP contribution in [0.25, 0.3) is 0 Å². The zero-order valence-corrected chi connectivity index (χ0v) is 21.0. The van der Waals surface area contributed by atoms with Gasteiger partial charge in [0, 0.05) is 7.92 Å². The molecule has 2 aliphatic carbocycles. The molecule has 0 spiro atoms. The Morgan fingerprint density at radius 3 is 1.53 bits per heavy atom. The minimum atomic E-state index is -6.00. The fraction of sp³-hybridized carbons (Fsp3) is 0.750. The van der Waals surface area contributed by atoms with Gasteiger partial charge in [0.05, 0.1) is 28.1 Å². The Morgan fingerprint density at radius 1 is 0.750 bits per heavy atom. The molecule has 32 heavy (non-hydrogen) atoms. The van der Waals surface area contributed by atoms with Gasteiger partial charge in [0.25, 0.3) is 0 Å². The molecule has 1 saturated heterocycles. The SMILES string of the molecule is CC1(c2ccccc2[PH+](C2CCCC2)C2CCCC2)OC(C)(C)C(C)(C)O1.F[B-](F)(F)F. The molecule has 1 aromatic rings. The van der Waals surface area contributed by atoms with Crippen LogP contribution >= 0.6 is 7.92 Å². The Kier molecular flexibility index (Phi) is 7.74. The van der Waals surface area contributed by atoms with Gasteiger partial charge in [0.2, 0.25) is 0 Å². The molecule has 4 rings (SSSR count). The van der Waals surface area contributed by atoms with E-state index >= 15 is 0 Å². The lowest BCUT2D eigenvalue weighted by molar-refractivity contribution is -0.185. The minimum absolute atomic E-state index is 0.303. The second-order valence-corrected chi connectivity index (χ2v) is 13.7. The van der Waals surface area contributed by atoms with Crippen molar-refractivity contribution in [2.75, 3.05) is 0 Å². The van der Waals surface area contributed by atoms with Gasteiger partial charge in [-0.05, 0) is 98.1 Å². The molecule has 3 aliphatic rings. The van der Waals surface area contributed by atoms with Crippen molar-refractivity contribution in [3.05, 3.63) is 29.8 Å². The summed E-state index contributed by atoms with van der Waals surface area (Å²) in [6.45, 7) is 10.8. The highest BCUT2D eigenvalue weighted by Gasteiger charge is 2.57. The van der Waals surface area contributed by atoms with Gasteiger partial charge in [-0.3, -0.25) is 0 Å². The van der Waals surface area contributed by atoms with Crippen molar-refractivity contribution < 1.29 is 26.7 Å². The van der Waals surface area contributed by atoms with E-state index < -0.39 is 21.0 Å². The van der Waals surface area contributed by atoms with E-state index in [9.17, 15) is 17.3 Å². The first-order valence-electron chi connectivity index (χ1n) is 12.0. The van der Waals surface area contributed by atoms with Gasteiger partial charge in [0.15, 0.2) is 5.79 Å². The van der Waals surface area contributed by atoms with E-state index in [1.54, 1.807) is 5.30 Å². The summed E-state index contributed by atoms with van der Waals surface area (Å²) >= 11 is 0. The molecule has 1 aliphatic heterocycles. The largest absolute Gasteiger partial charge is 0.673 e. The summed E-state index contributed by atoms with van der Waals surface area (Å²) in [5.74, 6) is -0.642. The first-order chi connectivity index (χ1) is 14.7. The third-order valence-corrected chi connectivity index (χ3v) is 11.6. The van der Waals surface area contributed by atoms with E-state index in [1.807, 2.05) is 0 Å². The molecule has 0 unspecified atom stereocenters. The van der Waals surface area contributed by atoms with Crippen LogP contribution in [0, 0.1) is 0 Å². The number of hydrogen-bond acceptors (Lipinski definition) is 2. The van der Waals surface area contributed by atoms with Gasteiger partial charge in [-0.15, -0.1) is 0 Å². The van der Waals surface area contributed by atoms with E-state index in [1.165, 1.54) is 56.9 Å². The Bertz CT molecular complexity index is 734. The summed E-state index contributed by atoms with van der Waals surface area (Å²) in [5, 5.41) is 1.61. The summed E-state index contributed by atoms with van der Waals surface area (Å²) < 4.78 is 52.3. The number of halogens is 4. The lowest BCUT2D eigenvalue weighted by Gasteiger charge is -2.30. The average Bonchev–Trinajstić information content (AvgIpc) is 3.36. The number of rotatable bonds is 4. The molecule has 2 saturated carbocycles. The van der Waals surface area contributed by atoms with Crippen LogP contribution in [0.5, 0.6) is 0 Å². The molecule has 182 valence electrons. The first-order valence-corrected chi connectivity index (χ1v) is 13.6. The predicted octanol–water partition coefficient (Wildman–Crippen LogP) is 7.49. The van der Waals surface area contributed by atoms with Crippen LogP contribution in [0.3, 0.4) is 0 Å². The average molecular weight is 476 g/mol. The van der Waals surface area contributed by atoms with Gasteiger partial charge in [-0.1, -0.05) is 12.1 Å². The Balaban J connectivity index is 0.000000523. The lowest BCUT2D eigenvalue weighted by Crippen LogP contribution is -2.41. The van der Waals surface area contributed by atoms with E-state index in [-0.39, 0.29) is 11.2 Å². The Hall–Kier alpha value is -0.645. The molecular formula is C24H38BF4O2P. The third-order valence-electron chi connectivity index (χ3n) is 7.67. The second kappa shape index (κ2) is 9.54. The van der Waals surface area contributed by atoms with E-state index in [0.29, 0.717) is 0 Å². The molecule has 0 N–H and O–H groups in total. The van der Waals surface area contributed by atoms with Crippen molar-refractivity contribution in [1.82, 2.24) is 0 Å².